The SMILES string of the molecule is O=C(CSCSCCOOCSCSCOC(=O)CSCSCC(=O)OCCCO)OCCCO. The molecule has 0 radical (unpaired) electrons. The monoisotopic (exact) mass is 614 g/mol. The van der Waals surface area contributed by atoms with Crippen molar-refractivity contribution in [3.63, 3.8) is 0 Å². The molecule has 2 N–H and O–H groups in total. The van der Waals surface area contributed by atoms with Gasteiger partial charge in [-0.2, -0.15) is 0 Å². The lowest BCUT2D eigenvalue weighted by atomic mass is 10.5. The largest absolute Gasteiger partial charge is 0.465 e. The topological polar surface area (TPSA) is 138 Å². The van der Waals surface area contributed by atoms with Crippen molar-refractivity contribution >= 4 is 88.5 Å². The standard InChI is InChI=1S/C19H34O10S6/c20-3-1-5-25-17(22)9-31-14-30-8-7-28-29-13-35-16-34-12-27-19(24)11-33-15-32-10-18(23)26-6-2-4-21/h20-21H,1-16H2. The smallest absolute Gasteiger partial charge is 0.316 e. The van der Waals surface area contributed by atoms with Crippen LogP contribution in [0, 0.1) is 0 Å². The number of rotatable bonds is 26. The Hall–Kier alpha value is 0.350. The normalized spacial score (nSPS) is 10.8. The van der Waals surface area contributed by atoms with E-state index in [1.54, 1.807) is 11.8 Å². The van der Waals surface area contributed by atoms with Gasteiger partial charge in [0.25, 0.3) is 0 Å². The van der Waals surface area contributed by atoms with Crippen molar-refractivity contribution in [3.8, 4) is 0 Å². The zero-order valence-corrected chi connectivity index (χ0v) is 24.3. The van der Waals surface area contributed by atoms with E-state index < -0.39 is 0 Å². The lowest BCUT2D eigenvalue weighted by Crippen LogP contribution is -2.10. The molecule has 0 amide bonds. The zero-order chi connectivity index (χ0) is 25.8. The van der Waals surface area contributed by atoms with Crippen molar-refractivity contribution in [2.45, 2.75) is 12.8 Å². The summed E-state index contributed by atoms with van der Waals surface area (Å²) in [6, 6.07) is 0. The lowest BCUT2D eigenvalue weighted by molar-refractivity contribution is -0.274. The minimum absolute atomic E-state index is 0.00502. The number of ether oxygens (including phenoxy) is 3. The number of aliphatic hydroxyl groups excluding tert-OH is 2. The maximum Gasteiger partial charge on any atom is 0.316 e. The Morgan fingerprint density at radius 2 is 1.03 bits per heavy atom. The average Bonchev–Trinajstić information content (AvgIpc) is 2.84. The molecule has 16 heteroatoms. The third kappa shape index (κ3) is 28.8. The van der Waals surface area contributed by atoms with E-state index in [9.17, 15) is 14.4 Å². The highest BCUT2D eigenvalue weighted by Gasteiger charge is 2.06. The third-order valence-corrected chi connectivity index (χ3v) is 9.44. The highest BCUT2D eigenvalue weighted by atomic mass is 32.2. The minimum atomic E-state index is -0.324. The van der Waals surface area contributed by atoms with Gasteiger partial charge in [-0.15, -0.1) is 70.6 Å². The minimum Gasteiger partial charge on any atom is -0.465 e. The van der Waals surface area contributed by atoms with E-state index in [-0.39, 0.29) is 61.8 Å². The molecule has 0 aliphatic carbocycles. The van der Waals surface area contributed by atoms with Crippen LogP contribution >= 0.6 is 70.6 Å². The predicted molar refractivity (Wildman–Crippen MR) is 148 cm³/mol. The molecular formula is C19H34O10S6. The van der Waals surface area contributed by atoms with E-state index in [4.69, 9.17) is 34.2 Å². The van der Waals surface area contributed by atoms with Crippen LogP contribution in [-0.2, 0) is 38.4 Å². The van der Waals surface area contributed by atoms with Crippen LogP contribution in [0.25, 0.3) is 0 Å². The molecule has 0 aliphatic rings. The van der Waals surface area contributed by atoms with Gasteiger partial charge in [0.15, 0.2) is 0 Å². The van der Waals surface area contributed by atoms with Crippen LogP contribution in [-0.4, -0.2) is 111 Å². The molecule has 0 aromatic carbocycles. The molecule has 0 unspecified atom stereocenters. The predicted octanol–water partition coefficient (Wildman–Crippen LogP) is 2.52. The maximum atomic E-state index is 11.6. The number of hydrogen-bond acceptors (Lipinski definition) is 16. The van der Waals surface area contributed by atoms with Gasteiger partial charge >= 0.3 is 17.9 Å². The summed E-state index contributed by atoms with van der Waals surface area (Å²) in [5, 5.41) is 19.2. The fourth-order valence-corrected chi connectivity index (χ4v) is 6.35. The molecule has 0 fully saturated rings. The maximum absolute atomic E-state index is 11.6. The Morgan fingerprint density at radius 1 is 0.543 bits per heavy atom. The van der Waals surface area contributed by atoms with E-state index >= 15 is 0 Å². The van der Waals surface area contributed by atoms with Gasteiger partial charge < -0.3 is 24.4 Å². The van der Waals surface area contributed by atoms with Crippen LogP contribution in [0.5, 0.6) is 0 Å². The molecule has 0 aromatic rings. The Balaban J connectivity index is 3.26. The van der Waals surface area contributed by atoms with Gasteiger partial charge in [-0.05, 0) is 0 Å². The van der Waals surface area contributed by atoms with Gasteiger partial charge in [-0.3, -0.25) is 14.4 Å². The summed E-state index contributed by atoms with van der Waals surface area (Å²) in [5.41, 5.74) is 0. The number of esters is 3. The summed E-state index contributed by atoms with van der Waals surface area (Å²) >= 11 is 8.82. The van der Waals surface area contributed by atoms with Crippen LogP contribution in [0.3, 0.4) is 0 Å². The van der Waals surface area contributed by atoms with Crippen molar-refractivity contribution in [2.75, 3.05) is 83.2 Å². The molecule has 0 saturated carbocycles. The van der Waals surface area contributed by atoms with Gasteiger partial charge in [0.2, 0.25) is 0 Å². The summed E-state index contributed by atoms with van der Waals surface area (Å²) in [6.07, 6.45) is 0.896. The lowest BCUT2D eigenvalue weighted by Gasteiger charge is -2.06. The molecule has 0 saturated heterocycles. The van der Waals surface area contributed by atoms with Gasteiger partial charge in [0.05, 0.1) is 37.1 Å². The van der Waals surface area contributed by atoms with Crippen molar-refractivity contribution in [3.05, 3.63) is 0 Å². The molecule has 206 valence electrons. The Bertz CT molecular complexity index is 532. The first kappa shape index (κ1) is 35.4. The molecule has 0 rings (SSSR count). The van der Waals surface area contributed by atoms with E-state index in [1.807, 2.05) is 0 Å². The second kappa shape index (κ2) is 28.9. The summed E-state index contributed by atoms with van der Waals surface area (Å²) in [6.45, 7) is 0.930. The van der Waals surface area contributed by atoms with Crippen molar-refractivity contribution in [2.24, 2.45) is 0 Å². The molecule has 0 aromatic heterocycles. The number of carbonyl (C=O) groups is 3. The Morgan fingerprint density at radius 3 is 1.60 bits per heavy atom. The quantitative estimate of drug-likeness (QED) is 0.0368. The number of carbonyl (C=O) groups excluding carboxylic acids is 3. The molecule has 10 nitrogen and oxygen atoms in total. The zero-order valence-electron chi connectivity index (χ0n) is 19.4. The summed E-state index contributed by atoms with van der Waals surface area (Å²) in [5.74, 6) is 1.22. The molecule has 0 atom stereocenters. The van der Waals surface area contributed by atoms with E-state index in [2.05, 4.69) is 0 Å². The van der Waals surface area contributed by atoms with E-state index in [0.29, 0.717) is 41.3 Å². The van der Waals surface area contributed by atoms with Crippen molar-refractivity contribution in [1.82, 2.24) is 0 Å². The molecule has 0 aliphatic heterocycles. The first-order valence-corrected chi connectivity index (χ1v) is 17.4. The molecule has 0 spiro atoms. The highest BCUT2D eigenvalue weighted by Crippen LogP contribution is 2.15. The van der Waals surface area contributed by atoms with E-state index in [1.165, 1.54) is 58.8 Å². The van der Waals surface area contributed by atoms with E-state index in [0.717, 1.165) is 10.8 Å². The molecule has 0 bridgehead atoms. The number of aliphatic hydroxyl groups is 2. The van der Waals surface area contributed by atoms with Gasteiger partial charge in [-0.25, -0.2) is 9.78 Å². The second-order valence-corrected chi connectivity index (χ2v) is 13.0. The van der Waals surface area contributed by atoms with Crippen molar-refractivity contribution < 1.29 is 48.6 Å². The van der Waals surface area contributed by atoms with Gasteiger partial charge in [0, 0.05) is 47.1 Å². The Labute approximate surface area is 232 Å². The van der Waals surface area contributed by atoms with Crippen LogP contribution in [0.1, 0.15) is 12.8 Å². The fraction of sp³-hybridized carbons (Fsp3) is 0.842. The first-order valence-electron chi connectivity index (χ1n) is 10.5. The third-order valence-electron chi connectivity index (χ3n) is 3.12. The second-order valence-electron chi connectivity index (χ2n) is 6.00. The summed E-state index contributed by atoms with van der Waals surface area (Å²) in [7, 11) is 0. The molecule has 35 heavy (non-hydrogen) atoms. The molecule has 0 heterocycles. The van der Waals surface area contributed by atoms with Crippen molar-refractivity contribution in [1.29, 1.82) is 0 Å². The average molecular weight is 615 g/mol. The Kier molecular flexibility index (Phi) is 29.2. The summed E-state index contributed by atoms with van der Waals surface area (Å²) < 4.78 is 14.9. The van der Waals surface area contributed by atoms with Gasteiger partial charge in [-0.1, -0.05) is 0 Å². The van der Waals surface area contributed by atoms with Crippen LogP contribution in [0.2, 0.25) is 0 Å². The van der Waals surface area contributed by atoms with Gasteiger partial charge in [0.1, 0.15) is 11.9 Å². The molecular weight excluding hydrogens is 581 g/mol. The van der Waals surface area contributed by atoms with Crippen LogP contribution in [0.4, 0.5) is 0 Å². The first-order chi connectivity index (χ1) is 17.1. The number of hydrogen-bond donors (Lipinski definition) is 2. The van der Waals surface area contributed by atoms with Crippen LogP contribution < -0.4 is 0 Å². The summed E-state index contributed by atoms with van der Waals surface area (Å²) in [4.78, 5) is 44.5. The van der Waals surface area contributed by atoms with Crippen LogP contribution in [0.15, 0.2) is 0 Å². The fourth-order valence-electron chi connectivity index (χ4n) is 1.63. The number of thioether (sulfide) groups is 6. The highest BCUT2D eigenvalue weighted by molar-refractivity contribution is 8.17.